The Labute approximate surface area is 146 Å². The van der Waals surface area contributed by atoms with Gasteiger partial charge in [0.15, 0.2) is 0 Å². The fourth-order valence-corrected chi connectivity index (χ4v) is 2.12. The van der Waals surface area contributed by atoms with Gasteiger partial charge in [-0.05, 0) is 29.8 Å². The van der Waals surface area contributed by atoms with Gasteiger partial charge in [0.2, 0.25) is 0 Å². The van der Waals surface area contributed by atoms with E-state index in [2.05, 4.69) is 5.32 Å². The van der Waals surface area contributed by atoms with E-state index in [1.54, 1.807) is 43.5 Å². The highest BCUT2D eigenvalue weighted by Gasteiger charge is 2.09. The van der Waals surface area contributed by atoms with E-state index in [9.17, 15) is 9.90 Å². The molecule has 0 aliphatic rings. The lowest BCUT2D eigenvalue weighted by Gasteiger charge is -2.08. The molecule has 0 saturated carbocycles. The van der Waals surface area contributed by atoms with E-state index in [-0.39, 0.29) is 17.9 Å². The molecule has 0 heterocycles. The van der Waals surface area contributed by atoms with Crippen LogP contribution in [0.2, 0.25) is 0 Å². The number of methoxy groups -OCH3 is 1. The minimum Gasteiger partial charge on any atom is -0.508 e. The number of ether oxygens (including phenoxy) is 1. The predicted octanol–water partition coefficient (Wildman–Crippen LogP) is 3.18. The molecule has 0 radical (unpaired) electrons. The quantitative estimate of drug-likeness (QED) is 0.483. The number of phenolic OH excluding ortho intramolecular Hbond substituents is 1. The van der Waals surface area contributed by atoms with Crippen molar-refractivity contribution >= 4 is 12.0 Å². The number of hydrogen-bond donors (Lipinski definition) is 2. The number of hydrogen-bond acceptors (Lipinski definition) is 4. The lowest BCUT2D eigenvalue weighted by atomic mass is 10.1. The molecule has 5 heteroatoms. The van der Waals surface area contributed by atoms with Gasteiger partial charge in [0.1, 0.15) is 23.1 Å². The van der Waals surface area contributed by atoms with Crippen LogP contribution in [0.4, 0.5) is 0 Å². The Hall–Kier alpha value is -3.52. The second kappa shape index (κ2) is 8.94. The Balaban J connectivity index is 2.00. The van der Waals surface area contributed by atoms with Gasteiger partial charge in [0.05, 0.1) is 7.11 Å². The van der Waals surface area contributed by atoms with E-state index in [1.165, 1.54) is 6.08 Å². The maximum Gasteiger partial charge on any atom is 0.262 e. The van der Waals surface area contributed by atoms with Crippen LogP contribution in [0.5, 0.6) is 11.5 Å². The SMILES string of the molecule is COc1ccccc1CNC(=O)/C(C#N)=C/C=C/c1ccc(O)cc1. The number of benzene rings is 2. The highest BCUT2D eigenvalue weighted by molar-refractivity contribution is 5.97. The minimum absolute atomic E-state index is 0.00456. The lowest BCUT2D eigenvalue weighted by molar-refractivity contribution is -0.117. The summed E-state index contributed by atoms with van der Waals surface area (Å²) in [5, 5.41) is 21.1. The second-order valence-electron chi connectivity index (χ2n) is 5.14. The summed E-state index contributed by atoms with van der Waals surface area (Å²) in [6.45, 7) is 0.267. The van der Waals surface area contributed by atoms with Crippen LogP contribution >= 0.6 is 0 Å². The first-order valence-corrected chi connectivity index (χ1v) is 7.61. The van der Waals surface area contributed by atoms with Crippen molar-refractivity contribution in [3.8, 4) is 17.6 Å². The zero-order valence-corrected chi connectivity index (χ0v) is 13.8. The molecule has 5 nitrogen and oxygen atoms in total. The number of amides is 1. The topological polar surface area (TPSA) is 82.3 Å². The highest BCUT2D eigenvalue weighted by atomic mass is 16.5. The molecular weight excluding hydrogens is 316 g/mol. The average Bonchev–Trinajstić information content (AvgIpc) is 2.65. The molecule has 0 aliphatic heterocycles. The molecule has 2 rings (SSSR count). The van der Waals surface area contributed by atoms with E-state index < -0.39 is 5.91 Å². The first kappa shape index (κ1) is 17.8. The monoisotopic (exact) mass is 334 g/mol. The summed E-state index contributed by atoms with van der Waals surface area (Å²) >= 11 is 0. The lowest BCUT2D eigenvalue weighted by Crippen LogP contribution is -2.24. The molecule has 0 aromatic heterocycles. The predicted molar refractivity (Wildman–Crippen MR) is 95.7 cm³/mol. The van der Waals surface area contributed by atoms with Gasteiger partial charge in [-0.2, -0.15) is 5.26 Å². The Morgan fingerprint density at radius 3 is 2.64 bits per heavy atom. The van der Waals surface area contributed by atoms with Crippen molar-refractivity contribution in [1.29, 1.82) is 5.26 Å². The standard InChI is InChI=1S/C20H18N2O3/c1-25-19-8-3-2-6-17(19)14-22-20(24)16(13-21)7-4-5-15-9-11-18(23)12-10-15/h2-12,23H,14H2,1H3,(H,22,24)/b5-4+,16-7+. The largest absolute Gasteiger partial charge is 0.508 e. The Morgan fingerprint density at radius 2 is 1.96 bits per heavy atom. The molecular formula is C20H18N2O3. The Kier molecular flexibility index (Phi) is 6.38. The highest BCUT2D eigenvalue weighted by Crippen LogP contribution is 2.16. The fraction of sp³-hybridized carbons (Fsp3) is 0.100. The fourth-order valence-electron chi connectivity index (χ4n) is 2.12. The van der Waals surface area contributed by atoms with Crippen LogP contribution in [0.3, 0.4) is 0 Å². The zero-order valence-electron chi connectivity index (χ0n) is 13.8. The second-order valence-corrected chi connectivity index (χ2v) is 5.14. The van der Waals surface area contributed by atoms with Gasteiger partial charge in [0, 0.05) is 12.1 Å². The number of carbonyl (C=O) groups is 1. The summed E-state index contributed by atoms with van der Waals surface area (Å²) in [6, 6.07) is 15.8. The molecule has 0 aliphatic carbocycles. The number of nitrogens with one attached hydrogen (secondary N) is 1. The molecule has 0 spiro atoms. The van der Waals surface area contributed by atoms with E-state index in [4.69, 9.17) is 10.00 Å². The molecule has 126 valence electrons. The third kappa shape index (κ3) is 5.26. The molecule has 0 bridgehead atoms. The van der Waals surface area contributed by atoms with Gasteiger partial charge in [-0.1, -0.05) is 42.5 Å². The van der Waals surface area contributed by atoms with E-state index in [1.807, 2.05) is 30.3 Å². The maximum absolute atomic E-state index is 12.1. The van der Waals surface area contributed by atoms with Gasteiger partial charge >= 0.3 is 0 Å². The van der Waals surface area contributed by atoms with E-state index >= 15 is 0 Å². The smallest absolute Gasteiger partial charge is 0.262 e. The normalized spacial score (nSPS) is 11.1. The van der Waals surface area contributed by atoms with Gasteiger partial charge in [-0.25, -0.2) is 0 Å². The number of carbonyl (C=O) groups excluding carboxylic acids is 1. The number of para-hydroxylation sites is 1. The number of nitrogens with zero attached hydrogens (tertiary/aromatic N) is 1. The molecule has 2 aromatic carbocycles. The summed E-state index contributed by atoms with van der Waals surface area (Å²) in [7, 11) is 1.56. The van der Waals surface area contributed by atoms with Gasteiger partial charge in [-0.3, -0.25) is 4.79 Å². The first-order chi connectivity index (χ1) is 12.1. The van der Waals surface area contributed by atoms with Gasteiger partial charge in [0.25, 0.3) is 5.91 Å². The third-order valence-electron chi connectivity index (χ3n) is 3.44. The van der Waals surface area contributed by atoms with Crippen molar-refractivity contribution < 1.29 is 14.6 Å². The minimum atomic E-state index is -0.455. The van der Waals surface area contributed by atoms with Crippen LogP contribution in [0.15, 0.2) is 66.3 Å². The van der Waals surface area contributed by atoms with Gasteiger partial charge < -0.3 is 15.2 Å². The molecule has 2 aromatic rings. The Bertz CT molecular complexity index is 831. The summed E-state index contributed by atoms with van der Waals surface area (Å²) < 4.78 is 5.23. The summed E-state index contributed by atoms with van der Waals surface area (Å²) in [6.07, 6.45) is 4.81. The number of allylic oxidation sites excluding steroid dienone is 2. The van der Waals surface area contributed by atoms with Crippen molar-refractivity contribution in [2.75, 3.05) is 7.11 Å². The molecule has 0 saturated heterocycles. The van der Waals surface area contributed by atoms with Gasteiger partial charge in [-0.15, -0.1) is 0 Å². The molecule has 1 amide bonds. The molecule has 0 fully saturated rings. The number of rotatable bonds is 6. The zero-order chi connectivity index (χ0) is 18.1. The average molecular weight is 334 g/mol. The van der Waals surface area contributed by atoms with Crippen LogP contribution in [0, 0.1) is 11.3 Å². The van der Waals surface area contributed by atoms with Crippen molar-refractivity contribution in [2.24, 2.45) is 0 Å². The van der Waals surface area contributed by atoms with Crippen LogP contribution in [0.25, 0.3) is 6.08 Å². The van der Waals surface area contributed by atoms with E-state index in [0.29, 0.717) is 5.75 Å². The van der Waals surface area contributed by atoms with Crippen LogP contribution in [0.1, 0.15) is 11.1 Å². The number of nitriles is 1. The maximum atomic E-state index is 12.1. The summed E-state index contributed by atoms with van der Waals surface area (Å²) in [4.78, 5) is 12.1. The van der Waals surface area contributed by atoms with E-state index in [0.717, 1.165) is 11.1 Å². The van der Waals surface area contributed by atoms with Crippen molar-refractivity contribution in [1.82, 2.24) is 5.32 Å². The van der Waals surface area contributed by atoms with Crippen molar-refractivity contribution in [2.45, 2.75) is 6.54 Å². The van der Waals surface area contributed by atoms with Crippen molar-refractivity contribution in [3.63, 3.8) is 0 Å². The Morgan fingerprint density at radius 1 is 1.24 bits per heavy atom. The third-order valence-corrected chi connectivity index (χ3v) is 3.44. The van der Waals surface area contributed by atoms with Crippen LogP contribution < -0.4 is 10.1 Å². The molecule has 0 atom stereocenters. The number of phenols is 1. The summed E-state index contributed by atoms with van der Waals surface area (Å²) in [5.74, 6) is 0.405. The van der Waals surface area contributed by atoms with Crippen LogP contribution in [-0.2, 0) is 11.3 Å². The summed E-state index contributed by atoms with van der Waals surface area (Å²) in [5.41, 5.74) is 1.68. The molecule has 2 N–H and O–H groups in total. The molecule has 0 unspecified atom stereocenters. The van der Waals surface area contributed by atoms with Crippen molar-refractivity contribution in [3.05, 3.63) is 77.4 Å². The molecule has 25 heavy (non-hydrogen) atoms. The van der Waals surface area contributed by atoms with Crippen LogP contribution in [-0.4, -0.2) is 18.1 Å². The number of aromatic hydroxyl groups is 1. The first-order valence-electron chi connectivity index (χ1n) is 7.61.